The fraction of sp³-hybridized carbons (Fsp3) is 0.391. The molecule has 0 radical (unpaired) electrons. The van der Waals surface area contributed by atoms with Crippen LogP contribution in [0.4, 0.5) is 0 Å². The van der Waals surface area contributed by atoms with Crippen LogP contribution in [0.1, 0.15) is 24.1 Å². The number of piperidine rings is 1. The Kier molecular flexibility index (Phi) is 5.25. The molecule has 0 saturated carbocycles. The highest BCUT2D eigenvalue weighted by Crippen LogP contribution is 2.31. The number of hydrogen-bond acceptors (Lipinski definition) is 6. The van der Waals surface area contributed by atoms with Gasteiger partial charge in [-0.15, -0.1) is 0 Å². The highest BCUT2D eigenvalue weighted by molar-refractivity contribution is 5.84. The van der Waals surface area contributed by atoms with Gasteiger partial charge < -0.3 is 14.4 Å². The molecule has 2 saturated heterocycles. The van der Waals surface area contributed by atoms with E-state index in [1.54, 1.807) is 23.4 Å². The second-order valence-electron chi connectivity index (χ2n) is 7.98. The van der Waals surface area contributed by atoms with Gasteiger partial charge in [0.05, 0.1) is 24.3 Å². The molecule has 0 bridgehead atoms. The molecule has 0 atom stereocenters. The molecule has 1 aromatic carbocycles. The molecule has 2 aromatic heterocycles. The van der Waals surface area contributed by atoms with Crippen LogP contribution < -0.4 is 5.56 Å². The summed E-state index contributed by atoms with van der Waals surface area (Å²) in [5.41, 5.74) is 1.56. The fourth-order valence-electron chi connectivity index (χ4n) is 4.35. The molecule has 2 fully saturated rings. The summed E-state index contributed by atoms with van der Waals surface area (Å²) < 4.78 is 12.8. The van der Waals surface area contributed by atoms with Crippen molar-refractivity contribution in [1.29, 1.82) is 0 Å². The van der Waals surface area contributed by atoms with E-state index in [0.717, 1.165) is 16.6 Å². The number of aromatic nitrogens is 3. The molecule has 0 unspecified atom stereocenters. The molecule has 2 aliphatic rings. The smallest absolute Gasteiger partial charge is 0.275 e. The van der Waals surface area contributed by atoms with Crippen molar-refractivity contribution >= 4 is 16.7 Å². The standard InChI is InChI=1S/C23H24N4O4/c28-21(26-11-7-23(8-12-26)30-13-14-31-23)16-27-22(29)19-4-2-1-3-18(19)20(25-27)15-17-5-9-24-10-6-17/h1-6,9-10H,7-8,11-16H2. The third-order valence-electron chi connectivity index (χ3n) is 6.04. The lowest BCUT2D eigenvalue weighted by Crippen LogP contribution is -2.48. The second-order valence-corrected chi connectivity index (χ2v) is 7.98. The fourth-order valence-corrected chi connectivity index (χ4v) is 4.35. The minimum Gasteiger partial charge on any atom is -0.347 e. The molecule has 8 nitrogen and oxygen atoms in total. The Morgan fingerprint density at radius 3 is 2.39 bits per heavy atom. The van der Waals surface area contributed by atoms with Crippen molar-refractivity contribution < 1.29 is 14.3 Å². The van der Waals surface area contributed by atoms with Gasteiger partial charge in [-0.25, -0.2) is 4.68 Å². The first-order chi connectivity index (χ1) is 15.1. The summed E-state index contributed by atoms with van der Waals surface area (Å²) in [4.78, 5) is 31.8. The van der Waals surface area contributed by atoms with E-state index < -0.39 is 5.79 Å². The van der Waals surface area contributed by atoms with Gasteiger partial charge in [0.15, 0.2) is 5.79 Å². The third-order valence-corrected chi connectivity index (χ3v) is 6.04. The lowest BCUT2D eigenvalue weighted by atomic mass is 10.0. The number of fused-ring (bicyclic) bond motifs is 1. The lowest BCUT2D eigenvalue weighted by molar-refractivity contribution is -0.187. The number of nitrogens with zero attached hydrogens (tertiary/aromatic N) is 4. The number of hydrogen-bond donors (Lipinski definition) is 0. The highest BCUT2D eigenvalue weighted by atomic mass is 16.7. The predicted molar refractivity (Wildman–Crippen MR) is 113 cm³/mol. The van der Waals surface area contributed by atoms with Gasteiger partial charge >= 0.3 is 0 Å². The summed E-state index contributed by atoms with van der Waals surface area (Å²) in [5.74, 6) is -0.653. The molecule has 0 N–H and O–H groups in total. The second kappa shape index (κ2) is 8.20. The van der Waals surface area contributed by atoms with E-state index in [2.05, 4.69) is 10.1 Å². The summed E-state index contributed by atoms with van der Waals surface area (Å²) in [6, 6.07) is 11.3. The molecule has 5 rings (SSSR count). The number of pyridine rings is 1. The van der Waals surface area contributed by atoms with Crippen molar-refractivity contribution in [3.63, 3.8) is 0 Å². The Labute approximate surface area is 179 Å². The summed E-state index contributed by atoms with van der Waals surface area (Å²) >= 11 is 0. The number of ether oxygens (including phenoxy) is 2. The number of amides is 1. The Morgan fingerprint density at radius 1 is 1.00 bits per heavy atom. The van der Waals surface area contributed by atoms with Gasteiger partial charge in [0.25, 0.3) is 5.56 Å². The van der Waals surface area contributed by atoms with E-state index in [1.807, 2.05) is 30.3 Å². The van der Waals surface area contributed by atoms with Crippen LogP contribution in [0.15, 0.2) is 53.6 Å². The molecular formula is C23H24N4O4. The van der Waals surface area contributed by atoms with E-state index in [9.17, 15) is 9.59 Å². The maximum Gasteiger partial charge on any atom is 0.275 e. The first-order valence-electron chi connectivity index (χ1n) is 10.6. The normalized spacial score (nSPS) is 18.0. The van der Waals surface area contributed by atoms with Crippen molar-refractivity contribution in [2.75, 3.05) is 26.3 Å². The zero-order chi connectivity index (χ0) is 21.3. The van der Waals surface area contributed by atoms with E-state index in [1.165, 1.54) is 4.68 Å². The number of carbonyl (C=O) groups excluding carboxylic acids is 1. The summed E-state index contributed by atoms with van der Waals surface area (Å²) in [7, 11) is 0. The molecule has 1 spiro atoms. The zero-order valence-corrected chi connectivity index (χ0v) is 17.2. The van der Waals surface area contributed by atoms with E-state index >= 15 is 0 Å². The van der Waals surface area contributed by atoms with Crippen LogP contribution in [-0.2, 0) is 27.2 Å². The predicted octanol–water partition coefficient (Wildman–Crippen LogP) is 1.75. The molecule has 3 aromatic rings. The van der Waals surface area contributed by atoms with Crippen molar-refractivity contribution in [3.8, 4) is 0 Å². The van der Waals surface area contributed by atoms with Gasteiger partial charge in [0, 0.05) is 50.1 Å². The van der Waals surface area contributed by atoms with Crippen LogP contribution in [0.2, 0.25) is 0 Å². The first-order valence-corrected chi connectivity index (χ1v) is 10.6. The van der Waals surface area contributed by atoms with Gasteiger partial charge in [0.2, 0.25) is 5.91 Å². The monoisotopic (exact) mass is 420 g/mol. The summed E-state index contributed by atoms with van der Waals surface area (Å²) in [5, 5.41) is 5.97. The zero-order valence-electron chi connectivity index (χ0n) is 17.2. The van der Waals surface area contributed by atoms with Crippen LogP contribution in [0, 0.1) is 0 Å². The van der Waals surface area contributed by atoms with Crippen LogP contribution in [0.3, 0.4) is 0 Å². The minimum atomic E-state index is -0.535. The van der Waals surface area contributed by atoms with Crippen molar-refractivity contribution in [3.05, 3.63) is 70.4 Å². The number of rotatable bonds is 4. The molecule has 8 heteroatoms. The van der Waals surface area contributed by atoms with Crippen molar-refractivity contribution in [1.82, 2.24) is 19.7 Å². The average Bonchev–Trinajstić information content (AvgIpc) is 3.26. The van der Waals surface area contributed by atoms with Gasteiger partial charge in [-0.2, -0.15) is 5.10 Å². The molecule has 31 heavy (non-hydrogen) atoms. The molecule has 1 amide bonds. The van der Waals surface area contributed by atoms with E-state index in [-0.39, 0.29) is 18.0 Å². The van der Waals surface area contributed by atoms with E-state index in [4.69, 9.17) is 9.47 Å². The number of carbonyl (C=O) groups is 1. The average molecular weight is 420 g/mol. The van der Waals surface area contributed by atoms with Crippen LogP contribution >= 0.6 is 0 Å². The first kappa shape index (κ1) is 19.8. The summed E-state index contributed by atoms with van der Waals surface area (Å²) in [6.45, 7) is 2.22. The maximum absolute atomic E-state index is 13.0. The molecule has 160 valence electrons. The van der Waals surface area contributed by atoms with Gasteiger partial charge in [-0.1, -0.05) is 18.2 Å². The number of likely N-dealkylation sites (tertiary alicyclic amines) is 1. The van der Waals surface area contributed by atoms with Gasteiger partial charge in [0.1, 0.15) is 6.54 Å². The highest BCUT2D eigenvalue weighted by Gasteiger charge is 2.40. The topological polar surface area (TPSA) is 86.5 Å². The largest absolute Gasteiger partial charge is 0.347 e. The quantitative estimate of drug-likeness (QED) is 0.639. The molecular weight excluding hydrogens is 396 g/mol. The van der Waals surface area contributed by atoms with Gasteiger partial charge in [-0.3, -0.25) is 14.6 Å². The molecule has 2 aliphatic heterocycles. The maximum atomic E-state index is 13.0. The van der Waals surface area contributed by atoms with Crippen LogP contribution in [0.25, 0.3) is 10.8 Å². The van der Waals surface area contributed by atoms with Crippen LogP contribution in [-0.4, -0.2) is 57.7 Å². The Bertz CT molecular complexity index is 1150. The van der Waals surface area contributed by atoms with Crippen LogP contribution in [0.5, 0.6) is 0 Å². The Balaban J connectivity index is 1.40. The SMILES string of the molecule is O=C(Cn1nc(Cc2ccncc2)c2ccccc2c1=O)N1CCC2(CC1)OCCO2. The van der Waals surface area contributed by atoms with Crippen molar-refractivity contribution in [2.45, 2.75) is 31.6 Å². The Hall–Kier alpha value is -3.10. The van der Waals surface area contributed by atoms with Gasteiger partial charge in [-0.05, 0) is 23.8 Å². The molecule has 4 heterocycles. The molecule has 0 aliphatic carbocycles. The van der Waals surface area contributed by atoms with E-state index in [0.29, 0.717) is 51.0 Å². The minimum absolute atomic E-state index is 0.0816. The third kappa shape index (κ3) is 3.96. The lowest BCUT2D eigenvalue weighted by Gasteiger charge is -2.37. The Morgan fingerprint density at radius 2 is 1.68 bits per heavy atom. The summed E-state index contributed by atoms with van der Waals surface area (Å²) in [6.07, 6.45) is 5.31. The van der Waals surface area contributed by atoms with Crippen molar-refractivity contribution in [2.24, 2.45) is 0 Å². The number of benzene rings is 1.